The summed E-state index contributed by atoms with van der Waals surface area (Å²) in [6.45, 7) is 8.67. The van der Waals surface area contributed by atoms with Gasteiger partial charge in [-0.05, 0) is 45.9 Å². The largest absolute Gasteiger partial charge is 0.496 e. The molecule has 0 atom stereocenters. The zero-order chi connectivity index (χ0) is 18.5. The molecule has 6 nitrogen and oxygen atoms in total. The second-order valence-electron chi connectivity index (χ2n) is 7.29. The van der Waals surface area contributed by atoms with Crippen LogP contribution < -0.4 is 5.46 Å². The third-order valence-electron chi connectivity index (χ3n) is 5.07. The average molecular weight is 371 g/mol. The van der Waals surface area contributed by atoms with Gasteiger partial charge in [0.1, 0.15) is 5.82 Å². The van der Waals surface area contributed by atoms with Crippen LogP contribution in [0.2, 0.25) is 0 Å². The first-order chi connectivity index (χ1) is 11.5. The number of ether oxygens (including phenoxy) is 1. The molecular weight excluding hydrogens is 348 g/mol. The van der Waals surface area contributed by atoms with Crippen LogP contribution in [-0.2, 0) is 24.1 Å². The van der Waals surface area contributed by atoms with Crippen LogP contribution in [0.25, 0.3) is 0 Å². The summed E-state index contributed by atoms with van der Waals surface area (Å²) in [7, 11) is -4.75. The number of hydrogen-bond donors (Lipinski definition) is 0. The van der Waals surface area contributed by atoms with E-state index >= 15 is 0 Å². The van der Waals surface area contributed by atoms with Crippen LogP contribution in [0.4, 0.5) is 4.39 Å². The molecular formula is C16H23BFNO5S. The van der Waals surface area contributed by atoms with Gasteiger partial charge in [-0.15, -0.1) is 0 Å². The molecule has 0 bridgehead atoms. The number of hydrogen-bond acceptors (Lipinski definition) is 5. The van der Waals surface area contributed by atoms with E-state index in [1.807, 2.05) is 27.7 Å². The average Bonchev–Trinajstić information content (AvgIpc) is 2.76. The Morgan fingerprint density at radius 2 is 1.64 bits per heavy atom. The fourth-order valence-electron chi connectivity index (χ4n) is 2.83. The molecule has 0 saturated carbocycles. The highest BCUT2D eigenvalue weighted by Gasteiger charge is 2.53. The van der Waals surface area contributed by atoms with Gasteiger partial charge in [-0.1, -0.05) is 0 Å². The zero-order valence-corrected chi connectivity index (χ0v) is 15.7. The Balaban J connectivity index is 2.02. The Labute approximate surface area is 148 Å². The van der Waals surface area contributed by atoms with E-state index in [9.17, 15) is 12.8 Å². The number of sulfonamides is 1. The first-order valence-electron chi connectivity index (χ1n) is 8.28. The third kappa shape index (κ3) is 3.35. The Morgan fingerprint density at radius 3 is 2.20 bits per heavy atom. The van der Waals surface area contributed by atoms with Crippen molar-refractivity contribution >= 4 is 22.6 Å². The van der Waals surface area contributed by atoms with Gasteiger partial charge in [0.25, 0.3) is 0 Å². The molecule has 0 aromatic heterocycles. The molecule has 0 unspecified atom stereocenters. The molecule has 25 heavy (non-hydrogen) atoms. The lowest BCUT2D eigenvalue weighted by atomic mass is 9.79. The fraction of sp³-hybridized carbons (Fsp3) is 0.625. The van der Waals surface area contributed by atoms with Gasteiger partial charge < -0.3 is 14.0 Å². The zero-order valence-electron chi connectivity index (χ0n) is 14.9. The van der Waals surface area contributed by atoms with Crippen LogP contribution >= 0.6 is 0 Å². The van der Waals surface area contributed by atoms with Crippen LogP contribution in [-0.4, -0.2) is 57.3 Å². The molecule has 138 valence electrons. The molecule has 2 heterocycles. The normalized spacial score (nSPS) is 23.8. The van der Waals surface area contributed by atoms with E-state index < -0.39 is 34.2 Å². The van der Waals surface area contributed by atoms with Crippen molar-refractivity contribution in [1.29, 1.82) is 0 Å². The van der Waals surface area contributed by atoms with Gasteiger partial charge >= 0.3 is 7.12 Å². The molecule has 0 radical (unpaired) electrons. The Morgan fingerprint density at radius 1 is 1.08 bits per heavy atom. The van der Waals surface area contributed by atoms with E-state index in [1.165, 1.54) is 16.4 Å². The monoisotopic (exact) mass is 371 g/mol. The van der Waals surface area contributed by atoms with Crippen molar-refractivity contribution in [1.82, 2.24) is 4.31 Å². The number of rotatable bonds is 3. The van der Waals surface area contributed by atoms with E-state index in [0.29, 0.717) is 13.2 Å². The fourth-order valence-corrected chi connectivity index (χ4v) is 4.44. The minimum atomic E-state index is -3.79. The lowest BCUT2D eigenvalue weighted by molar-refractivity contribution is 0.00578. The summed E-state index contributed by atoms with van der Waals surface area (Å²) < 4.78 is 58.4. The first kappa shape index (κ1) is 18.8. The van der Waals surface area contributed by atoms with Gasteiger partial charge in [0.2, 0.25) is 10.0 Å². The summed E-state index contributed by atoms with van der Waals surface area (Å²) in [6.07, 6.45) is 0. The van der Waals surface area contributed by atoms with E-state index in [2.05, 4.69) is 0 Å². The predicted molar refractivity (Wildman–Crippen MR) is 91.7 cm³/mol. The lowest BCUT2D eigenvalue weighted by Crippen LogP contribution is -2.45. The van der Waals surface area contributed by atoms with E-state index in [0.717, 1.165) is 6.07 Å². The predicted octanol–water partition coefficient (Wildman–Crippen LogP) is 1.15. The second kappa shape index (κ2) is 6.31. The van der Waals surface area contributed by atoms with Crippen LogP contribution in [0.3, 0.4) is 0 Å². The molecule has 0 amide bonds. The topological polar surface area (TPSA) is 65.1 Å². The van der Waals surface area contributed by atoms with Crippen molar-refractivity contribution < 1.29 is 26.9 Å². The van der Waals surface area contributed by atoms with Crippen molar-refractivity contribution in [2.75, 3.05) is 26.3 Å². The number of halogens is 1. The number of morpholine rings is 1. The van der Waals surface area contributed by atoms with E-state index in [1.54, 1.807) is 0 Å². The summed E-state index contributed by atoms with van der Waals surface area (Å²) >= 11 is 0. The molecule has 0 spiro atoms. The van der Waals surface area contributed by atoms with Crippen LogP contribution in [0.5, 0.6) is 0 Å². The van der Waals surface area contributed by atoms with Crippen molar-refractivity contribution in [2.45, 2.75) is 43.8 Å². The van der Waals surface area contributed by atoms with E-state index in [4.69, 9.17) is 14.0 Å². The van der Waals surface area contributed by atoms with Gasteiger partial charge in [-0.25, -0.2) is 12.8 Å². The Kier molecular flexibility index (Phi) is 4.74. The minimum Gasteiger partial charge on any atom is -0.399 e. The molecule has 1 aromatic carbocycles. The maximum atomic E-state index is 13.9. The molecule has 2 aliphatic heterocycles. The van der Waals surface area contributed by atoms with Crippen LogP contribution in [0.1, 0.15) is 27.7 Å². The highest BCUT2D eigenvalue weighted by Crippen LogP contribution is 2.37. The molecule has 2 saturated heterocycles. The van der Waals surface area contributed by atoms with Crippen molar-refractivity contribution in [3.8, 4) is 0 Å². The van der Waals surface area contributed by atoms with E-state index in [-0.39, 0.29) is 23.4 Å². The maximum Gasteiger partial charge on any atom is 0.496 e. The van der Waals surface area contributed by atoms with Gasteiger partial charge in [0.15, 0.2) is 0 Å². The smallest absolute Gasteiger partial charge is 0.399 e. The van der Waals surface area contributed by atoms with Crippen molar-refractivity contribution in [3.63, 3.8) is 0 Å². The number of benzene rings is 1. The highest BCUT2D eigenvalue weighted by atomic mass is 32.2. The Bertz CT molecular complexity index is 746. The van der Waals surface area contributed by atoms with Crippen molar-refractivity contribution in [3.05, 3.63) is 24.0 Å². The molecule has 2 fully saturated rings. The van der Waals surface area contributed by atoms with Crippen molar-refractivity contribution in [2.24, 2.45) is 0 Å². The number of nitrogens with zero attached hydrogens (tertiary/aromatic N) is 1. The lowest BCUT2D eigenvalue weighted by Gasteiger charge is -2.32. The summed E-state index contributed by atoms with van der Waals surface area (Å²) in [5.74, 6) is -0.536. The van der Waals surface area contributed by atoms with Gasteiger partial charge in [0.05, 0.1) is 29.3 Å². The van der Waals surface area contributed by atoms with Gasteiger partial charge in [-0.2, -0.15) is 4.31 Å². The molecule has 1 aromatic rings. The SMILES string of the molecule is CC1(C)OB(c2cc(F)ccc2S(=O)(=O)N2CCOCC2)OC1(C)C. The summed E-state index contributed by atoms with van der Waals surface area (Å²) in [5.41, 5.74) is -1.11. The second-order valence-corrected chi connectivity index (χ2v) is 9.19. The molecule has 9 heteroatoms. The molecule has 0 aliphatic carbocycles. The molecule has 0 N–H and O–H groups in total. The van der Waals surface area contributed by atoms with Gasteiger partial charge in [0, 0.05) is 18.6 Å². The third-order valence-corrected chi connectivity index (χ3v) is 7.04. The van der Waals surface area contributed by atoms with Gasteiger partial charge in [-0.3, -0.25) is 0 Å². The highest BCUT2D eigenvalue weighted by molar-refractivity contribution is 7.89. The Hall–Kier alpha value is -0.995. The van der Waals surface area contributed by atoms with Crippen LogP contribution in [0.15, 0.2) is 23.1 Å². The summed E-state index contributed by atoms with van der Waals surface area (Å²) in [4.78, 5) is 0.00861. The van der Waals surface area contributed by atoms with Crippen LogP contribution in [0, 0.1) is 5.82 Å². The molecule has 2 aliphatic rings. The quantitative estimate of drug-likeness (QED) is 0.746. The maximum absolute atomic E-state index is 13.9. The first-order valence-corrected chi connectivity index (χ1v) is 9.72. The minimum absolute atomic E-state index is 0.00861. The summed E-state index contributed by atoms with van der Waals surface area (Å²) in [6, 6.07) is 3.60. The molecule has 3 rings (SSSR count). The standard InChI is InChI=1S/C16H23BFNO5S/c1-15(2)16(3,4)24-17(23-15)13-11-12(18)5-6-14(13)25(20,21)19-7-9-22-10-8-19/h5-6,11H,7-10H2,1-4H3. The summed E-state index contributed by atoms with van der Waals surface area (Å²) in [5, 5.41) is 0.